The maximum absolute atomic E-state index is 12.7. The van der Waals surface area contributed by atoms with Gasteiger partial charge in [0.15, 0.2) is 0 Å². The number of rotatable bonds is 6. The molecule has 0 spiro atoms. The molecular weight excluding hydrogens is 464 g/mol. The van der Waals surface area contributed by atoms with Gasteiger partial charge < -0.3 is 14.9 Å². The average molecular weight is 483 g/mol. The van der Waals surface area contributed by atoms with Crippen LogP contribution in [0.3, 0.4) is 0 Å². The highest BCUT2D eigenvalue weighted by atomic mass is 32.2. The number of sulfone groups is 2. The molecule has 7 nitrogen and oxygen atoms in total. The number of hydrogen-bond donors (Lipinski definition) is 2. The first-order valence-electron chi connectivity index (χ1n) is 9.62. The molecule has 0 aromatic heterocycles. The van der Waals surface area contributed by atoms with Gasteiger partial charge in [-0.25, -0.2) is 16.8 Å². The maximum Gasteiger partial charge on any atom is 0.206 e. The molecule has 0 aliphatic rings. The number of phenolic OH excluding ortho intramolecular Hbond substituents is 2. The zero-order valence-electron chi connectivity index (χ0n) is 17.0. The van der Waals surface area contributed by atoms with Crippen LogP contribution in [0.4, 0.5) is 0 Å². The van der Waals surface area contributed by atoms with E-state index in [2.05, 4.69) is 0 Å². The lowest BCUT2D eigenvalue weighted by Crippen LogP contribution is -2.02. The molecule has 0 saturated carbocycles. The van der Waals surface area contributed by atoms with Crippen molar-refractivity contribution in [2.45, 2.75) is 19.6 Å². The van der Waals surface area contributed by atoms with E-state index in [-0.39, 0.29) is 31.1 Å². The highest BCUT2D eigenvalue weighted by Crippen LogP contribution is 2.29. The fourth-order valence-corrected chi connectivity index (χ4v) is 5.55. The van der Waals surface area contributed by atoms with Crippen molar-refractivity contribution in [3.63, 3.8) is 0 Å². The molecule has 9 heteroatoms. The van der Waals surface area contributed by atoms with Crippen molar-refractivity contribution in [3.05, 3.63) is 97.1 Å². The molecule has 4 aromatic carbocycles. The first-order valence-corrected chi connectivity index (χ1v) is 12.6. The lowest BCUT2D eigenvalue weighted by molar-refractivity contribution is 0.474. The van der Waals surface area contributed by atoms with Crippen LogP contribution in [-0.2, 0) is 19.7 Å². The largest absolute Gasteiger partial charge is 0.508 e. The normalized spacial score (nSPS) is 11.8. The molecular formula is C24H18O7S2. The third-order valence-electron chi connectivity index (χ3n) is 4.80. The molecule has 0 radical (unpaired) electrons. The Morgan fingerprint density at radius 2 is 0.667 bits per heavy atom. The van der Waals surface area contributed by atoms with Crippen LogP contribution in [0.2, 0.25) is 0 Å². The number of ether oxygens (including phenoxy) is 1. The SMILES string of the molecule is O=S(=O)(c1ccc(O)cc1)c1ccc(Oc2ccc(S(=O)(=O)c3ccc(O)cc3)cc2)cc1. The highest BCUT2D eigenvalue weighted by Gasteiger charge is 2.19. The summed E-state index contributed by atoms with van der Waals surface area (Å²) in [4.78, 5) is 0.241. The predicted octanol–water partition coefficient (Wildman–Crippen LogP) is 4.56. The highest BCUT2D eigenvalue weighted by molar-refractivity contribution is 7.91. The van der Waals surface area contributed by atoms with Gasteiger partial charge in [-0.15, -0.1) is 0 Å². The van der Waals surface area contributed by atoms with Crippen LogP contribution in [0.15, 0.2) is 117 Å². The van der Waals surface area contributed by atoms with Crippen LogP contribution in [0.5, 0.6) is 23.0 Å². The molecule has 0 aliphatic carbocycles. The molecule has 168 valence electrons. The second kappa shape index (κ2) is 8.61. The summed E-state index contributed by atoms with van der Waals surface area (Å²) >= 11 is 0. The Hall–Kier alpha value is -3.82. The Labute approximate surface area is 191 Å². The number of benzene rings is 4. The fourth-order valence-electron chi connectivity index (χ4n) is 3.03. The number of aromatic hydroxyl groups is 2. The molecule has 0 aliphatic heterocycles. The van der Waals surface area contributed by atoms with Crippen molar-refractivity contribution in [1.29, 1.82) is 0 Å². The van der Waals surface area contributed by atoms with Gasteiger partial charge in [0.25, 0.3) is 0 Å². The molecule has 0 heterocycles. The second-order valence-electron chi connectivity index (χ2n) is 7.04. The minimum absolute atomic E-state index is 0.0282. The third-order valence-corrected chi connectivity index (χ3v) is 8.37. The van der Waals surface area contributed by atoms with Gasteiger partial charge in [-0.3, -0.25) is 0 Å². The Morgan fingerprint density at radius 1 is 0.424 bits per heavy atom. The van der Waals surface area contributed by atoms with Gasteiger partial charge in [-0.1, -0.05) is 0 Å². The van der Waals surface area contributed by atoms with E-state index >= 15 is 0 Å². The first kappa shape index (κ1) is 22.4. The molecule has 0 saturated heterocycles. The van der Waals surface area contributed by atoms with E-state index in [1.54, 1.807) is 0 Å². The van der Waals surface area contributed by atoms with E-state index in [9.17, 15) is 27.0 Å². The fraction of sp³-hybridized carbons (Fsp3) is 0. The van der Waals surface area contributed by atoms with Gasteiger partial charge in [0.05, 0.1) is 19.6 Å². The molecule has 4 aromatic rings. The van der Waals surface area contributed by atoms with Gasteiger partial charge in [0.2, 0.25) is 19.7 Å². The molecule has 0 fully saturated rings. The molecule has 0 bridgehead atoms. The summed E-state index contributed by atoms with van der Waals surface area (Å²) in [7, 11) is -7.49. The van der Waals surface area contributed by atoms with E-state index in [1.807, 2.05) is 0 Å². The summed E-state index contributed by atoms with van der Waals surface area (Å²) in [6.45, 7) is 0. The molecule has 0 amide bonds. The quantitative estimate of drug-likeness (QED) is 0.414. The summed E-state index contributed by atoms with van der Waals surface area (Å²) in [6, 6.07) is 22.1. The van der Waals surface area contributed by atoms with Crippen molar-refractivity contribution in [1.82, 2.24) is 0 Å². The minimum atomic E-state index is -3.75. The summed E-state index contributed by atoms with van der Waals surface area (Å²) < 4.78 is 56.5. The van der Waals surface area contributed by atoms with Crippen LogP contribution in [0.25, 0.3) is 0 Å². The average Bonchev–Trinajstić information content (AvgIpc) is 2.80. The second-order valence-corrected chi connectivity index (χ2v) is 10.9. The van der Waals surface area contributed by atoms with Gasteiger partial charge in [0, 0.05) is 0 Å². The van der Waals surface area contributed by atoms with Crippen LogP contribution >= 0.6 is 0 Å². The summed E-state index contributed by atoms with van der Waals surface area (Å²) in [5.41, 5.74) is 0. The molecule has 4 rings (SSSR count). The van der Waals surface area contributed by atoms with Crippen molar-refractivity contribution >= 4 is 19.7 Å². The monoisotopic (exact) mass is 482 g/mol. The van der Waals surface area contributed by atoms with E-state index in [1.165, 1.54) is 97.1 Å². The number of phenols is 2. The smallest absolute Gasteiger partial charge is 0.206 e. The topological polar surface area (TPSA) is 118 Å². The number of hydrogen-bond acceptors (Lipinski definition) is 7. The van der Waals surface area contributed by atoms with Gasteiger partial charge >= 0.3 is 0 Å². The van der Waals surface area contributed by atoms with Crippen molar-refractivity contribution in [3.8, 4) is 23.0 Å². The Balaban J connectivity index is 1.51. The van der Waals surface area contributed by atoms with Gasteiger partial charge in [0.1, 0.15) is 23.0 Å². The van der Waals surface area contributed by atoms with Gasteiger partial charge in [-0.2, -0.15) is 0 Å². The Bertz CT molecular complexity index is 1360. The van der Waals surface area contributed by atoms with E-state index in [4.69, 9.17) is 4.74 Å². The lowest BCUT2D eigenvalue weighted by atomic mass is 10.3. The summed E-state index contributed by atoms with van der Waals surface area (Å²) in [5.74, 6) is 0.682. The zero-order valence-corrected chi connectivity index (χ0v) is 18.6. The van der Waals surface area contributed by atoms with Crippen LogP contribution in [-0.4, -0.2) is 27.0 Å². The van der Waals surface area contributed by atoms with Gasteiger partial charge in [-0.05, 0) is 97.1 Å². The lowest BCUT2D eigenvalue weighted by Gasteiger charge is -2.09. The molecule has 2 N–H and O–H groups in total. The third kappa shape index (κ3) is 4.69. The summed E-state index contributed by atoms with van der Waals surface area (Å²) in [5, 5.41) is 18.7. The van der Waals surface area contributed by atoms with Crippen molar-refractivity contribution in [2.24, 2.45) is 0 Å². The Kier molecular flexibility index (Phi) is 5.84. The van der Waals surface area contributed by atoms with Crippen LogP contribution in [0.1, 0.15) is 0 Å². The summed E-state index contributed by atoms with van der Waals surface area (Å²) in [6.07, 6.45) is 0. The predicted molar refractivity (Wildman–Crippen MR) is 120 cm³/mol. The molecule has 0 atom stereocenters. The van der Waals surface area contributed by atoms with Crippen molar-refractivity contribution in [2.75, 3.05) is 0 Å². The Morgan fingerprint density at radius 3 is 0.939 bits per heavy atom. The first-order chi connectivity index (χ1) is 15.7. The van der Waals surface area contributed by atoms with E-state index in [0.717, 1.165) is 0 Å². The van der Waals surface area contributed by atoms with Crippen molar-refractivity contribution < 1.29 is 31.8 Å². The molecule has 33 heavy (non-hydrogen) atoms. The molecule has 0 unspecified atom stereocenters. The van der Waals surface area contributed by atoms with Crippen LogP contribution in [0, 0.1) is 0 Å². The van der Waals surface area contributed by atoms with E-state index in [0.29, 0.717) is 11.5 Å². The van der Waals surface area contributed by atoms with Crippen LogP contribution < -0.4 is 4.74 Å². The van der Waals surface area contributed by atoms with E-state index < -0.39 is 19.7 Å². The standard InChI is InChI=1S/C24H18O7S2/c25-17-1-9-21(10-2-17)32(27,28)23-13-5-19(6-14-23)31-20-7-15-24(16-8-20)33(29,30)22-11-3-18(26)4-12-22/h1-16,25-26H. The minimum Gasteiger partial charge on any atom is -0.508 e. The maximum atomic E-state index is 12.7. The zero-order chi connectivity index (χ0) is 23.6.